The summed E-state index contributed by atoms with van der Waals surface area (Å²) in [6, 6.07) is 17.1. The Morgan fingerprint density at radius 2 is 1.64 bits per heavy atom. The third-order valence-electron chi connectivity index (χ3n) is 5.32. The monoisotopic (exact) mass is 460 g/mol. The Labute approximate surface area is 190 Å². The van der Waals surface area contributed by atoms with E-state index in [-0.39, 0.29) is 28.8 Å². The van der Waals surface area contributed by atoms with Gasteiger partial charge in [0.05, 0.1) is 22.8 Å². The zero-order valence-electron chi connectivity index (χ0n) is 17.4. The minimum absolute atomic E-state index is 0.115. The predicted octanol–water partition coefficient (Wildman–Crippen LogP) is 3.47. The Kier molecular flexibility index (Phi) is 5.45. The van der Waals surface area contributed by atoms with Gasteiger partial charge in [0.15, 0.2) is 11.5 Å². The molecule has 1 atom stereocenters. The summed E-state index contributed by atoms with van der Waals surface area (Å²) in [4.78, 5) is 9.07. The van der Waals surface area contributed by atoms with Crippen LogP contribution in [-0.4, -0.2) is 39.4 Å². The van der Waals surface area contributed by atoms with Crippen molar-refractivity contribution in [1.82, 2.24) is 24.5 Å². The molecular formula is C23H20N6O3S. The van der Waals surface area contributed by atoms with Gasteiger partial charge in [-0.05, 0) is 30.7 Å². The molecular weight excluding hydrogens is 440 g/mol. The van der Waals surface area contributed by atoms with Crippen molar-refractivity contribution in [2.45, 2.75) is 17.4 Å². The third-order valence-corrected chi connectivity index (χ3v) is 7.21. The van der Waals surface area contributed by atoms with E-state index in [4.69, 9.17) is 10.2 Å². The molecule has 0 spiro atoms. The first-order chi connectivity index (χ1) is 16.0. The first-order valence-electron chi connectivity index (χ1n) is 10.3. The lowest BCUT2D eigenvalue weighted by atomic mass is 10.1. The van der Waals surface area contributed by atoms with Crippen molar-refractivity contribution < 1.29 is 12.8 Å². The topological polar surface area (TPSA) is 128 Å². The smallest absolute Gasteiger partial charge is 0.270 e. The number of hydrogen-bond donors (Lipinski definition) is 1. The van der Waals surface area contributed by atoms with Crippen LogP contribution in [0.15, 0.2) is 88.3 Å². The van der Waals surface area contributed by atoms with Crippen molar-refractivity contribution in [1.29, 1.82) is 0 Å². The highest BCUT2D eigenvalue weighted by molar-refractivity contribution is 7.89. The van der Waals surface area contributed by atoms with Crippen LogP contribution < -0.4 is 5.73 Å². The normalized spacial score (nSPS) is 16.7. The van der Waals surface area contributed by atoms with E-state index in [0.717, 1.165) is 5.56 Å². The molecule has 10 heteroatoms. The molecule has 3 heterocycles. The lowest BCUT2D eigenvalue weighted by Crippen LogP contribution is -2.37. The van der Waals surface area contributed by atoms with Crippen molar-refractivity contribution in [3.63, 3.8) is 0 Å². The van der Waals surface area contributed by atoms with Gasteiger partial charge >= 0.3 is 0 Å². The molecule has 2 aromatic carbocycles. The zero-order valence-corrected chi connectivity index (χ0v) is 18.3. The van der Waals surface area contributed by atoms with Crippen LogP contribution in [0.2, 0.25) is 0 Å². The standard InChI is InChI=1S/C23H20N6O3S/c24-21-20(23-28-27-22(32-23)16-9-3-1-4-10-16)26-18(15-25-21)19-13-7-8-14-29(19)33(30,31)17-11-5-2-6-12-17/h1-12,15,19H,13-14H2,(H2,24,25). The van der Waals surface area contributed by atoms with E-state index in [9.17, 15) is 8.42 Å². The van der Waals surface area contributed by atoms with Crippen molar-refractivity contribution >= 4 is 15.8 Å². The summed E-state index contributed by atoms with van der Waals surface area (Å²) in [5, 5.41) is 8.16. The highest BCUT2D eigenvalue weighted by Crippen LogP contribution is 2.34. The van der Waals surface area contributed by atoms with Crippen LogP contribution in [0.1, 0.15) is 18.2 Å². The largest absolute Gasteiger partial charge is 0.414 e. The number of nitrogens with two attached hydrogens (primary N) is 1. The fourth-order valence-corrected chi connectivity index (χ4v) is 5.24. The SMILES string of the molecule is Nc1ncc(C2CC=CCN2S(=O)(=O)c2ccccc2)nc1-c1nnc(-c2ccccc2)o1. The number of hydrogen-bond acceptors (Lipinski definition) is 8. The lowest BCUT2D eigenvalue weighted by Gasteiger charge is -2.31. The second-order valence-electron chi connectivity index (χ2n) is 7.42. The average molecular weight is 461 g/mol. The molecule has 2 N–H and O–H groups in total. The highest BCUT2D eigenvalue weighted by atomic mass is 32.2. The quantitative estimate of drug-likeness (QED) is 0.448. The fourth-order valence-electron chi connectivity index (χ4n) is 3.66. The molecule has 9 nitrogen and oxygen atoms in total. The number of sulfonamides is 1. The summed E-state index contributed by atoms with van der Waals surface area (Å²) < 4.78 is 33.9. The predicted molar refractivity (Wildman–Crippen MR) is 122 cm³/mol. The molecule has 33 heavy (non-hydrogen) atoms. The number of rotatable bonds is 5. The van der Waals surface area contributed by atoms with Crippen molar-refractivity contribution in [3.05, 3.63) is 84.7 Å². The molecule has 1 aliphatic rings. The van der Waals surface area contributed by atoms with Gasteiger partial charge in [-0.3, -0.25) is 0 Å². The van der Waals surface area contributed by atoms with E-state index in [1.165, 1.54) is 10.5 Å². The summed E-state index contributed by atoms with van der Waals surface area (Å²) in [5.41, 5.74) is 7.49. The van der Waals surface area contributed by atoms with E-state index in [0.29, 0.717) is 18.0 Å². The van der Waals surface area contributed by atoms with Crippen LogP contribution in [0.3, 0.4) is 0 Å². The molecule has 0 radical (unpaired) electrons. The first kappa shape index (κ1) is 21.0. The third kappa shape index (κ3) is 4.01. The lowest BCUT2D eigenvalue weighted by molar-refractivity contribution is 0.332. The van der Waals surface area contributed by atoms with Crippen molar-refractivity contribution in [2.75, 3.05) is 12.3 Å². The molecule has 0 fully saturated rings. The van der Waals surface area contributed by atoms with Crippen LogP contribution in [0, 0.1) is 0 Å². The average Bonchev–Trinajstić information content (AvgIpc) is 3.36. The van der Waals surface area contributed by atoms with Crippen molar-refractivity contribution in [3.8, 4) is 23.0 Å². The molecule has 4 aromatic rings. The van der Waals surface area contributed by atoms with Crippen LogP contribution >= 0.6 is 0 Å². The summed E-state index contributed by atoms with van der Waals surface area (Å²) >= 11 is 0. The summed E-state index contributed by atoms with van der Waals surface area (Å²) in [7, 11) is -3.75. The molecule has 0 amide bonds. The van der Waals surface area contributed by atoms with Gasteiger partial charge < -0.3 is 10.2 Å². The van der Waals surface area contributed by atoms with Gasteiger partial charge in [-0.2, -0.15) is 4.31 Å². The zero-order chi connectivity index (χ0) is 22.8. The highest BCUT2D eigenvalue weighted by Gasteiger charge is 2.34. The number of nitrogens with zero attached hydrogens (tertiary/aromatic N) is 5. The van der Waals surface area contributed by atoms with E-state index >= 15 is 0 Å². The molecule has 2 aromatic heterocycles. The van der Waals surface area contributed by atoms with Gasteiger partial charge in [0, 0.05) is 12.1 Å². The second kappa shape index (κ2) is 8.57. The Balaban J connectivity index is 1.52. The first-order valence-corrected chi connectivity index (χ1v) is 11.7. The van der Waals surface area contributed by atoms with Crippen LogP contribution in [0.4, 0.5) is 5.82 Å². The second-order valence-corrected chi connectivity index (χ2v) is 9.31. The van der Waals surface area contributed by atoms with Gasteiger partial charge in [-0.25, -0.2) is 18.4 Å². The van der Waals surface area contributed by atoms with E-state index in [1.807, 2.05) is 42.5 Å². The molecule has 1 unspecified atom stereocenters. The molecule has 166 valence electrons. The van der Waals surface area contributed by atoms with Crippen molar-refractivity contribution in [2.24, 2.45) is 0 Å². The van der Waals surface area contributed by atoms with E-state index < -0.39 is 16.1 Å². The maximum atomic E-state index is 13.3. The van der Waals surface area contributed by atoms with Gasteiger partial charge in [0.1, 0.15) is 0 Å². The van der Waals surface area contributed by atoms with E-state index in [2.05, 4.69) is 20.2 Å². The van der Waals surface area contributed by atoms with Gasteiger partial charge in [-0.15, -0.1) is 10.2 Å². The Morgan fingerprint density at radius 1 is 0.939 bits per heavy atom. The molecule has 5 rings (SSSR count). The molecule has 1 aliphatic heterocycles. The Hall–Kier alpha value is -3.89. The Bertz CT molecular complexity index is 1400. The molecule has 0 saturated heterocycles. The Morgan fingerprint density at radius 3 is 2.39 bits per heavy atom. The number of anilines is 1. The van der Waals surface area contributed by atoms with E-state index in [1.54, 1.807) is 30.3 Å². The molecule has 0 saturated carbocycles. The number of nitrogen functional groups attached to an aromatic ring is 1. The van der Waals surface area contributed by atoms with Gasteiger partial charge in [0.25, 0.3) is 5.89 Å². The summed E-state index contributed by atoms with van der Waals surface area (Å²) in [6.45, 7) is 0.224. The minimum Gasteiger partial charge on any atom is -0.414 e. The number of benzene rings is 2. The molecule has 0 aliphatic carbocycles. The maximum Gasteiger partial charge on any atom is 0.270 e. The maximum absolute atomic E-state index is 13.3. The van der Waals surface area contributed by atoms with Crippen LogP contribution in [0.5, 0.6) is 0 Å². The van der Waals surface area contributed by atoms with Gasteiger partial charge in [-0.1, -0.05) is 48.6 Å². The fraction of sp³-hybridized carbons (Fsp3) is 0.130. The van der Waals surface area contributed by atoms with Gasteiger partial charge in [0.2, 0.25) is 15.9 Å². The minimum atomic E-state index is -3.75. The molecule has 0 bridgehead atoms. The summed E-state index contributed by atoms with van der Waals surface area (Å²) in [5.74, 6) is 0.557. The van der Waals surface area contributed by atoms with Crippen LogP contribution in [-0.2, 0) is 10.0 Å². The van der Waals surface area contributed by atoms with Crippen LogP contribution in [0.25, 0.3) is 23.0 Å². The number of aromatic nitrogens is 4. The summed E-state index contributed by atoms with van der Waals surface area (Å²) in [6.07, 6.45) is 5.69.